The van der Waals surface area contributed by atoms with E-state index in [0.717, 1.165) is 40.9 Å². The Morgan fingerprint density at radius 3 is 2.74 bits per heavy atom. The predicted octanol–water partition coefficient (Wildman–Crippen LogP) is 4.15. The fourth-order valence-electron chi connectivity index (χ4n) is 2.13. The molecular formula is C16H24ClNO. The maximum atomic E-state index is 6.25. The molecule has 2 nitrogen and oxygen atoms in total. The van der Waals surface area contributed by atoms with E-state index in [2.05, 4.69) is 25.2 Å². The first-order valence-electron chi connectivity index (χ1n) is 7.21. The van der Waals surface area contributed by atoms with Gasteiger partial charge in [-0.1, -0.05) is 25.4 Å². The van der Waals surface area contributed by atoms with Crippen molar-refractivity contribution in [1.82, 2.24) is 5.32 Å². The quantitative estimate of drug-likeness (QED) is 0.758. The van der Waals surface area contributed by atoms with Crippen molar-refractivity contribution >= 4 is 11.6 Å². The maximum Gasteiger partial charge on any atom is 0.122 e. The van der Waals surface area contributed by atoms with E-state index in [1.807, 2.05) is 13.0 Å². The molecule has 0 amide bonds. The Labute approximate surface area is 121 Å². The molecule has 3 heteroatoms. The van der Waals surface area contributed by atoms with Crippen LogP contribution in [0.25, 0.3) is 0 Å². The molecule has 0 heterocycles. The molecule has 2 rings (SSSR count). The third-order valence-electron chi connectivity index (χ3n) is 3.58. The van der Waals surface area contributed by atoms with Gasteiger partial charge in [0.15, 0.2) is 0 Å². The van der Waals surface area contributed by atoms with Crippen LogP contribution in [-0.2, 0) is 0 Å². The molecule has 0 radical (unpaired) electrons. The van der Waals surface area contributed by atoms with Gasteiger partial charge in [-0.15, -0.1) is 0 Å². The van der Waals surface area contributed by atoms with Gasteiger partial charge in [-0.2, -0.15) is 0 Å². The molecule has 0 aromatic heterocycles. The SMILES string of the molecule is Cc1cc(Cl)c(C(C)C)cc1OCCNCC1CC1. The van der Waals surface area contributed by atoms with Gasteiger partial charge in [0.1, 0.15) is 12.4 Å². The Balaban J connectivity index is 1.85. The summed E-state index contributed by atoms with van der Waals surface area (Å²) in [4.78, 5) is 0. The maximum absolute atomic E-state index is 6.25. The smallest absolute Gasteiger partial charge is 0.122 e. The third kappa shape index (κ3) is 4.39. The molecule has 0 saturated heterocycles. The number of aryl methyl sites for hydroxylation is 1. The normalized spacial score (nSPS) is 15.0. The highest BCUT2D eigenvalue weighted by Gasteiger charge is 2.20. The van der Waals surface area contributed by atoms with Gasteiger partial charge in [-0.25, -0.2) is 0 Å². The summed E-state index contributed by atoms with van der Waals surface area (Å²) in [6, 6.07) is 4.09. The molecule has 106 valence electrons. The molecular weight excluding hydrogens is 258 g/mol. The van der Waals surface area contributed by atoms with Crippen LogP contribution in [0, 0.1) is 12.8 Å². The standard InChI is InChI=1S/C16H24ClNO/c1-11(2)14-9-16(12(3)8-15(14)17)19-7-6-18-10-13-4-5-13/h8-9,11,13,18H,4-7,10H2,1-3H3. The van der Waals surface area contributed by atoms with E-state index in [0.29, 0.717) is 12.5 Å². The molecule has 0 aliphatic heterocycles. The van der Waals surface area contributed by atoms with Gasteiger partial charge >= 0.3 is 0 Å². The fraction of sp³-hybridized carbons (Fsp3) is 0.625. The van der Waals surface area contributed by atoms with Crippen molar-refractivity contribution in [2.75, 3.05) is 19.7 Å². The minimum Gasteiger partial charge on any atom is -0.492 e. The molecule has 1 aromatic carbocycles. The van der Waals surface area contributed by atoms with E-state index >= 15 is 0 Å². The Morgan fingerprint density at radius 1 is 1.37 bits per heavy atom. The van der Waals surface area contributed by atoms with E-state index in [1.54, 1.807) is 0 Å². The zero-order valence-corrected chi connectivity index (χ0v) is 12.9. The number of nitrogens with one attached hydrogen (secondary N) is 1. The lowest BCUT2D eigenvalue weighted by atomic mass is 10.0. The molecule has 1 aliphatic rings. The molecule has 0 unspecified atom stereocenters. The summed E-state index contributed by atoms with van der Waals surface area (Å²) in [6.07, 6.45) is 2.78. The number of benzene rings is 1. The zero-order chi connectivity index (χ0) is 13.8. The van der Waals surface area contributed by atoms with Crippen LogP contribution in [0.15, 0.2) is 12.1 Å². The largest absolute Gasteiger partial charge is 0.492 e. The van der Waals surface area contributed by atoms with Crippen molar-refractivity contribution in [1.29, 1.82) is 0 Å². The molecule has 1 fully saturated rings. The average Bonchev–Trinajstić information content (AvgIpc) is 3.14. The lowest BCUT2D eigenvalue weighted by Gasteiger charge is -2.15. The van der Waals surface area contributed by atoms with Crippen molar-refractivity contribution in [2.24, 2.45) is 5.92 Å². The highest BCUT2D eigenvalue weighted by molar-refractivity contribution is 6.31. The third-order valence-corrected chi connectivity index (χ3v) is 3.91. The zero-order valence-electron chi connectivity index (χ0n) is 12.1. The summed E-state index contributed by atoms with van der Waals surface area (Å²) in [7, 11) is 0. The van der Waals surface area contributed by atoms with Crippen LogP contribution in [0.5, 0.6) is 5.75 Å². The summed E-state index contributed by atoms with van der Waals surface area (Å²) in [5.74, 6) is 2.30. The predicted molar refractivity (Wildman–Crippen MR) is 81.4 cm³/mol. The number of rotatable bonds is 7. The second kappa shape index (κ2) is 6.62. The molecule has 0 bridgehead atoms. The summed E-state index contributed by atoms with van der Waals surface area (Å²) >= 11 is 6.25. The molecule has 1 N–H and O–H groups in total. The van der Waals surface area contributed by atoms with Crippen LogP contribution in [-0.4, -0.2) is 19.7 Å². The van der Waals surface area contributed by atoms with E-state index in [9.17, 15) is 0 Å². The van der Waals surface area contributed by atoms with Gasteiger partial charge in [0.2, 0.25) is 0 Å². The van der Waals surface area contributed by atoms with Gasteiger partial charge in [0.25, 0.3) is 0 Å². The van der Waals surface area contributed by atoms with Crippen LogP contribution in [0.2, 0.25) is 5.02 Å². The van der Waals surface area contributed by atoms with Crippen molar-refractivity contribution in [3.63, 3.8) is 0 Å². The highest BCUT2D eigenvalue weighted by atomic mass is 35.5. The fourth-order valence-corrected chi connectivity index (χ4v) is 2.56. The minimum atomic E-state index is 0.420. The van der Waals surface area contributed by atoms with Crippen LogP contribution in [0.3, 0.4) is 0 Å². The lowest BCUT2D eigenvalue weighted by Crippen LogP contribution is -2.23. The molecule has 19 heavy (non-hydrogen) atoms. The number of hydrogen-bond donors (Lipinski definition) is 1. The van der Waals surface area contributed by atoms with Gasteiger partial charge < -0.3 is 10.1 Å². The number of halogens is 1. The molecule has 1 saturated carbocycles. The van der Waals surface area contributed by atoms with E-state index < -0.39 is 0 Å². The van der Waals surface area contributed by atoms with Crippen molar-refractivity contribution in [3.05, 3.63) is 28.3 Å². The van der Waals surface area contributed by atoms with E-state index in [4.69, 9.17) is 16.3 Å². The molecule has 1 aromatic rings. The van der Waals surface area contributed by atoms with Crippen molar-refractivity contribution in [2.45, 2.75) is 39.5 Å². The van der Waals surface area contributed by atoms with Gasteiger partial charge in [-0.3, -0.25) is 0 Å². The van der Waals surface area contributed by atoms with Crippen LogP contribution < -0.4 is 10.1 Å². The van der Waals surface area contributed by atoms with Crippen molar-refractivity contribution < 1.29 is 4.74 Å². The monoisotopic (exact) mass is 281 g/mol. The average molecular weight is 282 g/mol. The second-order valence-corrected chi connectivity index (χ2v) is 6.20. The topological polar surface area (TPSA) is 21.3 Å². The molecule has 0 spiro atoms. The summed E-state index contributed by atoms with van der Waals surface area (Å²) < 4.78 is 5.86. The Bertz CT molecular complexity index is 427. The van der Waals surface area contributed by atoms with Crippen molar-refractivity contribution in [3.8, 4) is 5.75 Å². The first-order valence-corrected chi connectivity index (χ1v) is 7.59. The summed E-state index contributed by atoms with van der Waals surface area (Å²) in [6.45, 7) is 9.11. The van der Waals surface area contributed by atoms with Gasteiger partial charge in [0.05, 0.1) is 0 Å². The molecule has 0 atom stereocenters. The first-order chi connectivity index (χ1) is 9.08. The van der Waals surface area contributed by atoms with Crippen LogP contribution >= 0.6 is 11.6 Å². The lowest BCUT2D eigenvalue weighted by molar-refractivity contribution is 0.311. The Hall–Kier alpha value is -0.730. The first kappa shape index (κ1) is 14.7. The highest BCUT2D eigenvalue weighted by Crippen LogP contribution is 2.31. The summed E-state index contributed by atoms with van der Waals surface area (Å²) in [5, 5.41) is 4.27. The summed E-state index contributed by atoms with van der Waals surface area (Å²) in [5.41, 5.74) is 2.27. The molecule has 1 aliphatic carbocycles. The van der Waals surface area contributed by atoms with E-state index in [-0.39, 0.29) is 0 Å². The number of hydrogen-bond acceptors (Lipinski definition) is 2. The van der Waals surface area contributed by atoms with Gasteiger partial charge in [-0.05, 0) is 61.4 Å². The van der Waals surface area contributed by atoms with Crippen LogP contribution in [0.4, 0.5) is 0 Å². The van der Waals surface area contributed by atoms with Crippen LogP contribution in [0.1, 0.15) is 43.7 Å². The second-order valence-electron chi connectivity index (χ2n) is 5.79. The number of ether oxygens (including phenoxy) is 1. The Morgan fingerprint density at radius 2 is 2.11 bits per heavy atom. The van der Waals surface area contributed by atoms with Gasteiger partial charge in [0, 0.05) is 11.6 Å². The minimum absolute atomic E-state index is 0.420. The Kier molecular flexibility index (Phi) is 5.12. The van der Waals surface area contributed by atoms with E-state index in [1.165, 1.54) is 12.8 Å².